The lowest BCUT2D eigenvalue weighted by Crippen LogP contribution is -2.44. The number of carboxylic acids is 1. The van der Waals surface area contributed by atoms with E-state index >= 15 is 0 Å². The molecule has 1 aromatic heterocycles. The third-order valence-electron chi connectivity index (χ3n) is 4.31. The summed E-state index contributed by atoms with van der Waals surface area (Å²) in [7, 11) is 0. The predicted molar refractivity (Wildman–Crippen MR) is 83.4 cm³/mol. The maximum absolute atomic E-state index is 12.5. The Morgan fingerprint density at radius 1 is 1.38 bits per heavy atom. The number of rotatable bonds is 8. The Morgan fingerprint density at radius 2 is 2.14 bits per heavy atom. The second kappa shape index (κ2) is 7.07. The van der Waals surface area contributed by atoms with Crippen molar-refractivity contribution in [3.8, 4) is 0 Å². The molecule has 1 amide bonds. The number of carbonyl (C=O) groups excluding carboxylic acids is 1. The van der Waals surface area contributed by atoms with Crippen molar-refractivity contribution in [3.05, 3.63) is 22.4 Å². The van der Waals surface area contributed by atoms with Crippen LogP contribution in [0.25, 0.3) is 0 Å². The van der Waals surface area contributed by atoms with Crippen LogP contribution in [0.2, 0.25) is 0 Å². The molecular weight excluding hydrogens is 286 g/mol. The molecule has 21 heavy (non-hydrogen) atoms. The maximum Gasteiger partial charge on any atom is 0.310 e. The van der Waals surface area contributed by atoms with Gasteiger partial charge < -0.3 is 10.0 Å². The molecule has 0 unspecified atom stereocenters. The standard InChI is InChI=1S/C16H23NO3S/c1-2-9-17(10-6-13-5-3-11-21-13)14(18)12-16(15(19)20)7-4-8-16/h3,5,11H,2,4,6-10,12H2,1H3,(H,19,20). The zero-order valence-electron chi connectivity index (χ0n) is 12.5. The summed E-state index contributed by atoms with van der Waals surface area (Å²) in [5.74, 6) is -0.813. The molecule has 1 N–H and O–H groups in total. The average Bonchev–Trinajstić information content (AvgIpc) is 2.91. The van der Waals surface area contributed by atoms with Gasteiger partial charge in [-0.25, -0.2) is 0 Å². The second-order valence-electron chi connectivity index (χ2n) is 5.83. The van der Waals surface area contributed by atoms with E-state index in [1.54, 1.807) is 11.3 Å². The van der Waals surface area contributed by atoms with Crippen molar-refractivity contribution in [2.24, 2.45) is 5.41 Å². The summed E-state index contributed by atoms with van der Waals surface area (Å²) < 4.78 is 0. The fraction of sp³-hybridized carbons (Fsp3) is 0.625. The first-order chi connectivity index (χ1) is 10.1. The molecule has 0 aliphatic heterocycles. The van der Waals surface area contributed by atoms with Gasteiger partial charge in [0.15, 0.2) is 0 Å². The SMILES string of the molecule is CCCN(CCc1cccs1)C(=O)CC1(C(=O)O)CCC1. The molecule has 1 fully saturated rings. The van der Waals surface area contributed by atoms with Crippen LogP contribution >= 0.6 is 11.3 Å². The minimum atomic E-state index is -0.809. The number of hydrogen-bond acceptors (Lipinski definition) is 3. The Bertz CT molecular complexity index is 480. The lowest BCUT2D eigenvalue weighted by molar-refractivity contribution is -0.159. The summed E-state index contributed by atoms with van der Waals surface area (Å²) in [4.78, 5) is 27.0. The summed E-state index contributed by atoms with van der Waals surface area (Å²) in [6.45, 7) is 3.44. The van der Waals surface area contributed by atoms with Crippen LogP contribution in [0.5, 0.6) is 0 Å². The Kier molecular flexibility index (Phi) is 5.39. The molecule has 1 aromatic rings. The predicted octanol–water partition coefficient (Wildman–Crippen LogP) is 3.17. The first-order valence-corrected chi connectivity index (χ1v) is 8.49. The van der Waals surface area contributed by atoms with Crippen molar-refractivity contribution < 1.29 is 14.7 Å². The Morgan fingerprint density at radius 3 is 2.62 bits per heavy atom. The molecule has 1 saturated carbocycles. The highest BCUT2D eigenvalue weighted by Gasteiger charge is 2.46. The van der Waals surface area contributed by atoms with Crippen LogP contribution in [0, 0.1) is 5.41 Å². The van der Waals surface area contributed by atoms with E-state index in [1.165, 1.54) is 4.88 Å². The van der Waals surface area contributed by atoms with Crippen LogP contribution in [0.3, 0.4) is 0 Å². The summed E-state index contributed by atoms with van der Waals surface area (Å²) in [5, 5.41) is 11.4. The molecule has 5 heteroatoms. The van der Waals surface area contributed by atoms with Crippen molar-refractivity contribution in [2.45, 2.75) is 45.4 Å². The van der Waals surface area contributed by atoms with Gasteiger partial charge in [0.1, 0.15) is 0 Å². The van der Waals surface area contributed by atoms with Crippen LogP contribution in [-0.4, -0.2) is 35.0 Å². The normalized spacial score (nSPS) is 16.2. The molecule has 1 heterocycles. The average molecular weight is 309 g/mol. The van der Waals surface area contributed by atoms with Crippen molar-refractivity contribution >= 4 is 23.2 Å². The third kappa shape index (κ3) is 3.84. The number of carbonyl (C=O) groups is 2. The van der Waals surface area contributed by atoms with Gasteiger partial charge in [-0.15, -0.1) is 11.3 Å². The van der Waals surface area contributed by atoms with Gasteiger partial charge in [0.25, 0.3) is 0 Å². The van der Waals surface area contributed by atoms with Crippen LogP contribution in [0.15, 0.2) is 17.5 Å². The number of aliphatic carboxylic acids is 1. The minimum Gasteiger partial charge on any atom is -0.481 e. The monoisotopic (exact) mass is 309 g/mol. The zero-order chi connectivity index (χ0) is 15.3. The molecule has 116 valence electrons. The van der Waals surface area contributed by atoms with Crippen LogP contribution in [0.4, 0.5) is 0 Å². The van der Waals surface area contributed by atoms with E-state index in [4.69, 9.17) is 0 Å². The molecule has 0 radical (unpaired) electrons. The second-order valence-corrected chi connectivity index (χ2v) is 6.86. The number of nitrogens with zero attached hydrogens (tertiary/aromatic N) is 1. The van der Waals surface area contributed by atoms with E-state index in [9.17, 15) is 14.7 Å². The first kappa shape index (κ1) is 16.0. The van der Waals surface area contributed by atoms with Gasteiger partial charge in [0.2, 0.25) is 5.91 Å². The molecule has 0 aromatic carbocycles. The quantitative estimate of drug-likeness (QED) is 0.802. The van der Waals surface area contributed by atoms with E-state index in [-0.39, 0.29) is 12.3 Å². The smallest absolute Gasteiger partial charge is 0.310 e. The van der Waals surface area contributed by atoms with Gasteiger partial charge in [-0.3, -0.25) is 9.59 Å². The van der Waals surface area contributed by atoms with E-state index < -0.39 is 11.4 Å². The summed E-state index contributed by atoms with van der Waals surface area (Å²) in [5.41, 5.74) is -0.786. The number of thiophene rings is 1. The Labute approximate surface area is 129 Å². The molecular formula is C16H23NO3S. The number of carboxylic acid groups (broad SMARTS) is 1. The van der Waals surface area contributed by atoms with E-state index in [0.717, 1.165) is 19.3 Å². The lowest BCUT2D eigenvalue weighted by atomic mass is 9.66. The first-order valence-electron chi connectivity index (χ1n) is 7.61. The Balaban J connectivity index is 1.93. The highest BCUT2D eigenvalue weighted by Crippen LogP contribution is 2.44. The fourth-order valence-corrected chi connectivity index (χ4v) is 3.50. The van der Waals surface area contributed by atoms with Crippen molar-refractivity contribution in [1.82, 2.24) is 4.90 Å². The zero-order valence-corrected chi connectivity index (χ0v) is 13.3. The third-order valence-corrected chi connectivity index (χ3v) is 5.24. The van der Waals surface area contributed by atoms with E-state index in [0.29, 0.717) is 25.9 Å². The van der Waals surface area contributed by atoms with Crippen LogP contribution in [-0.2, 0) is 16.0 Å². The number of hydrogen-bond donors (Lipinski definition) is 1. The van der Waals surface area contributed by atoms with Gasteiger partial charge in [0.05, 0.1) is 5.41 Å². The summed E-state index contributed by atoms with van der Waals surface area (Å²) in [6, 6.07) is 4.09. The van der Waals surface area contributed by atoms with Crippen LogP contribution < -0.4 is 0 Å². The van der Waals surface area contributed by atoms with Crippen LogP contribution in [0.1, 0.15) is 43.9 Å². The minimum absolute atomic E-state index is 0.00416. The van der Waals surface area contributed by atoms with Gasteiger partial charge in [0, 0.05) is 24.4 Å². The molecule has 2 rings (SSSR count). The highest BCUT2D eigenvalue weighted by atomic mass is 32.1. The molecule has 1 aliphatic carbocycles. The van der Waals surface area contributed by atoms with E-state index in [1.807, 2.05) is 23.3 Å². The van der Waals surface area contributed by atoms with Crippen molar-refractivity contribution in [3.63, 3.8) is 0 Å². The molecule has 0 spiro atoms. The van der Waals surface area contributed by atoms with Crippen molar-refractivity contribution in [2.75, 3.05) is 13.1 Å². The fourth-order valence-electron chi connectivity index (χ4n) is 2.80. The lowest BCUT2D eigenvalue weighted by Gasteiger charge is -2.38. The molecule has 0 atom stereocenters. The van der Waals surface area contributed by atoms with E-state index in [2.05, 4.69) is 6.07 Å². The maximum atomic E-state index is 12.5. The van der Waals surface area contributed by atoms with Gasteiger partial charge in [-0.05, 0) is 37.1 Å². The van der Waals surface area contributed by atoms with Crippen molar-refractivity contribution in [1.29, 1.82) is 0 Å². The molecule has 0 saturated heterocycles. The highest BCUT2D eigenvalue weighted by molar-refractivity contribution is 7.09. The summed E-state index contributed by atoms with van der Waals surface area (Å²) >= 11 is 1.70. The topological polar surface area (TPSA) is 57.6 Å². The van der Waals surface area contributed by atoms with Gasteiger partial charge in [-0.1, -0.05) is 19.4 Å². The Hall–Kier alpha value is -1.36. The molecule has 0 bridgehead atoms. The molecule has 1 aliphatic rings. The summed E-state index contributed by atoms with van der Waals surface area (Å²) in [6.07, 6.45) is 4.10. The van der Waals surface area contributed by atoms with Gasteiger partial charge in [-0.2, -0.15) is 0 Å². The van der Waals surface area contributed by atoms with Gasteiger partial charge >= 0.3 is 5.97 Å². The largest absolute Gasteiger partial charge is 0.481 e. The molecule has 4 nitrogen and oxygen atoms in total. The number of amides is 1.